The number of nitrogens with zero attached hydrogens (tertiary/aromatic N) is 2. The van der Waals surface area contributed by atoms with Crippen molar-refractivity contribution in [1.29, 1.82) is 0 Å². The normalized spacial score (nSPS) is 23.8. The Hall–Kier alpha value is -2.00. The first-order valence-electron chi connectivity index (χ1n) is 9.87. The van der Waals surface area contributed by atoms with Crippen LogP contribution >= 0.6 is 21.8 Å². The first-order chi connectivity index (χ1) is 14.2. The van der Waals surface area contributed by atoms with E-state index in [1.807, 2.05) is 25.1 Å². The summed E-state index contributed by atoms with van der Waals surface area (Å²) in [5.74, 6) is -0.581. The molecule has 10 heteroatoms. The van der Waals surface area contributed by atoms with Gasteiger partial charge in [0.15, 0.2) is 0 Å². The summed E-state index contributed by atoms with van der Waals surface area (Å²) in [6, 6.07) is 8.64. The zero-order valence-electron chi connectivity index (χ0n) is 16.7. The smallest absolute Gasteiger partial charge is 0.310 e. The van der Waals surface area contributed by atoms with Gasteiger partial charge in [-0.1, -0.05) is 49.2 Å². The van der Waals surface area contributed by atoms with Crippen LogP contribution in [0.3, 0.4) is 0 Å². The highest BCUT2D eigenvalue weighted by Gasteiger charge is 2.65. The van der Waals surface area contributed by atoms with Gasteiger partial charge in [0.25, 0.3) is 0 Å². The lowest BCUT2D eigenvalue weighted by Gasteiger charge is -2.40. The molecule has 31 heavy (non-hydrogen) atoms. The van der Waals surface area contributed by atoms with Crippen molar-refractivity contribution in [3.05, 3.63) is 58.6 Å². The van der Waals surface area contributed by atoms with Crippen LogP contribution in [0.2, 0.25) is 5.02 Å². The number of benzene rings is 2. The van der Waals surface area contributed by atoms with Crippen molar-refractivity contribution in [2.75, 3.05) is 31.1 Å². The third-order valence-electron chi connectivity index (χ3n) is 5.96. The van der Waals surface area contributed by atoms with E-state index in [9.17, 15) is 24.2 Å². The average molecular weight is 481 g/mol. The molecule has 2 aliphatic rings. The molecule has 3 nitrogen and oxygen atoms in total. The minimum atomic E-state index is -9.68. The Labute approximate surface area is 182 Å². The van der Waals surface area contributed by atoms with Gasteiger partial charge in [0.2, 0.25) is 5.91 Å². The number of halogens is 6. The fourth-order valence-corrected chi connectivity index (χ4v) is 4.95. The second kappa shape index (κ2) is 6.75. The average Bonchev–Trinajstić information content (AvgIpc) is 3.49. The molecule has 1 aliphatic carbocycles. The Morgan fingerprint density at radius 2 is 1.58 bits per heavy atom. The number of carbonyl (C=O) groups is 1. The van der Waals surface area contributed by atoms with Crippen molar-refractivity contribution in [3.8, 4) is 0 Å². The van der Waals surface area contributed by atoms with Crippen molar-refractivity contribution in [3.63, 3.8) is 0 Å². The lowest BCUT2D eigenvalue weighted by molar-refractivity contribution is -0.133. The first kappa shape index (κ1) is 22.2. The van der Waals surface area contributed by atoms with Crippen LogP contribution in [0, 0.1) is 12.8 Å². The van der Waals surface area contributed by atoms with Gasteiger partial charge < -0.3 is 9.80 Å². The fraction of sp³-hybridized carbons (Fsp3) is 0.381. The van der Waals surface area contributed by atoms with Crippen LogP contribution in [-0.2, 0) is 4.79 Å². The van der Waals surface area contributed by atoms with Gasteiger partial charge in [-0.05, 0) is 54.7 Å². The maximum atomic E-state index is 12.9. The van der Waals surface area contributed by atoms with Gasteiger partial charge in [0.05, 0.1) is 0 Å². The molecule has 1 saturated heterocycles. The monoisotopic (exact) mass is 480 g/mol. The third kappa shape index (κ3) is 4.77. The minimum absolute atomic E-state index is 0.0377. The zero-order chi connectivity index (χ0) is 22.7. The highest BCUT2D eigenvalue weighted by molar-refractivity contribution is 8.45. The van der Waals surface area contributed by atoms with E-state index in [4.69, 9.17) is 11.6 Å². The van der Waals surface area contributed by atoms with Crippen LogP contribution in [0.15, 0.2) is 47.4 Å². The molecule has 2 aromatic rings. The van der Waals surface area contributed by atoms with E-state index in [1.54, 1.807) is 4.90 Å². The molecule has 170 valence electrons. The molecule has 2 aromatic carbocycles. The minimum Gasteiger partial charge on any atom is -0.368 e. The summed E-state index contributed by atoms with van der Waals surface area (Å²) in [7, 11) is -9.68. The number of hydrogen-bond donors (Lipinski definition) is 0. The van der Waals surface area contributed by atoms with Crippen molar-refractivity contribution >= 4 is 33.4 Å². The van der Waals surface area contributed by atoms with Crippen LogP contribution in [0.5, 0.6) is 0 Å². The summed E-state index contributed by atoms with van der Waals surface area (Å²) < 4.78 is 64.4. The van der Waals surface area contributed by atoms with Crippen molar-refractivity contribution in [2.45, 2.75) is 24.2 Å². The van der Waals surface area contributed by atoms with Gasteiger partial charge in [-0.25, -0.2) is 0 Å². The van der Waals surface area contributed by atoms with E-state index >= 15 is 0 Å². The predicted molar refractivity (Wildman–Crippen MR) is 114 cm³/mol. The predicted octanol–water partition coefficient (Wildman–Crippen LogP) is 6.76. The lowest BCUT2D eigenvalue weighted by Crippen LogP contribution is -2.49. The van der Waals surface area contributed by atoms with Gasteiger partial charge in [-0.2, -0.15) is 0 Å². The number of anilines is 1. The zero-order valence-corrected chi connectivity index (χ0v) is 18.3. The molecule has 1 unspecified atom stereocenters. The molecule has 0 bridgehead atoms. The largest absolute Gasteiger partial charge is 0.368 e. The molecule has 1 heterocycles. The van der Waals surface area contributed by atoms with Gasteiger partial charge in [0, 0.05) is 42.8 Å². The summed E-state index contributed by atoms with van der Waals surface area (Å²) in [6.45, 7) is 4.39. The maximum Gasteiger partial charge on any atom is 0.310 e. The van der Waals surface area contributed by atoms with Gasteiger partial charge >= 0.3 is 10.2 Å². The first-order valence-corrected chi connectivity index (χ1v) is 12.2. The van der Waals surface area contributed by atoms with E-state index in [0.717, 1.165) is 23.4 Å². The van der Waals surface area contributed by atoms with Crippen molar-refractivity contribution in [2.24, 2.45) is 5.92 Å². The molecule has 4 rings (SSSR count). The number of hydrogen-bond acceptors (Lipinski definition) is 2. The maximum absolute atomic E-state index is 12.9. The van der Waals surface area contributed by atoms with E-state index in [0.29, 0.717) is 55.3 Å². The molecule has 2 fully saturated rings. The van der Waals surface area contributed by atoms with E-state index in [1.165, 1.54) is 0 Å². The summed E-state index contributed by atoms with van der Waals surface area (Å²) in [6.07, 6.45) is 0.516. The van der Waals surface area contributed by atoms with E-state index in [2.05, 4.69) is 4.90 Å². The molecular weight excluding hydrogens is 459 g/mol. The number of amides is 1. The highest BCUT2D eigenvalue weighted by atomic mass is 35.5. The third-order valence-corrected chi connectivity index (χ3v) is 7.36. The summed E-state index contributed by atoms with van der Waals surface area (Å²) in [4.78, 5) is 14.9. The topological polar surface area (TPSA) is 23.6 Å². The molecule has 0 spiro atoms. The SMILES string of the molecule is Cc1ccc(Cl)cc1N1CCN(C(=O)C2C[C@H]2c2ccc(S(F)(F)(F)(F)F)cc2)CC1. The van der Waals surface area contributed by atoms with Crippen LogP contribution in [-0.4, -0.2) is 37.0 Å². The van der Waals surface area contributed by atoms with Crippen LogP contribution in [0.1, 0.15) is 23.5 Å². The summed E-state index contributed by atoms with van der Waals surface area (Å²) >= 11 is 6.10. The molecule has 0 N–H and O–H groups in total. The van der Waals surface area contributed by atoms with Gasteiger partial charge in [0.1, 0.15) is 4.90 Å². The molecule has 1 saturated carbocycles. The molecule has 2 atom stereocenters. The molecule has 1 aliphatic heterocycles. The highest BCUT2D eigenvalue weighted by Crippen LogP contribution is 3.02. The Bertz CT molecular complexity index is 1020. The number of rotatable bonds is 4. The molecule has 1 amide bonds. The van der Waals surface area contributed by atoms with Crippen molar-refractivity contribution < 1.29 is 24.2 Å². The quantitative estimate of drug-likeness (QED) is 0.451. The fourth-order valence-electron chi connectivity index (χ4n) is 4.13. The Morgan fingerprint density at radius 3 is 2.16 bits per heavy atom. The van der Waals surface area contributed by atoms with E-state index in [-0.39, 0.29) is 17.7 Å². The Morgan fingerprint density at radius 1 is 0.968 bits per heavy atom. The molecular formula is C21H22ClF5N2OS. The van der Waals surface area contributed by atoms with Gasteiger partial charge in [-0.3, -0.25) is 4.79 Å². The Kier molecular flexibility index (Phi) is 4.83. The van der Waals surface area contributed by atoms with Crippen molar-refractivity contribution in [1.82, 2.24) is 4.90 Å². The molecule has 0 radical (unpaired) electrons. The Balaban J connectivity index is 1.37. The summed E-state index contributed by atoms with van der Waals surface area (Å²) in [5, 5.41) is 0.649. The number of carbonyl (C=O) groups excluding carboxylic acids is 1. The van der Waals surface area contributed by atoms with E-state index < -0.39 is 15.1 Å². The number of piperazine rings is 1. The summed E-state index contributed by atoms with van der Waals surface area (Å²) in [5.41, 5.74) is 2.62. The van der Waals surface area contributed by atoms with Gasteiger partial charge in [-0.15, -0.1) is 0 Å². The van der Waals surface area contributed by atoms with Crippen LogP contribution < -0.4 is 4.90 Å². The lowest BCUT2D eigenvalue weighted by atomic mass is 10.1. The number of aryl methyl sites for hydroxylation is 1. The van der Waals surface area contributed by atoms with Crippen LogP contribution in [0.25, 0.3) is 0 Å². The standard InChI is InChI=1S/C21H22ClF5N2OS/c1-14-2-5-16(22)12-20(14)28-8-10-29(11-9-28)21(30)19-13-18(19)15-3-6-17(7-4-15)31(23,24,25,26)27/h2-7,12,18-19H,8-11,13H2,1H3/t18-,19?/m0/s1. The second-order valence-corrected chi connectivity index (χ2v) is 11.1. The van der Waals surface area contributed by atoms with Crippen LogP contribution in [0.4, 0.5) is 25.1 Å². The molecule has 0 aromatic heterocycles. The second-order valence-electron chi connectivity index (χ2n) is 8.23.